The third-order valence-corrected chi connectivity index (χ3v) is 4.31. The second kappa shape index (κ2) is 20.4. The second-order valence-corrected chi connectivity index (χ2v) is 6.70. The summed E-state index contributed by atoms with van der Waals surface area (Å²) in [5.41, 5.74) is 0. The van der Waals surface area contributed by atoms with Gasteiger partial charge in [-0.05, 0) is 6.42 Å². The molecule has 0 rings (SSSR count). The maximum atomic E-state index is 11.2. The summed E-state index contributed by atoms with van der Waals surface area (Å²) in [4.78, 5) is 20.2. The smallest absolute Gasteiger partial charge is 0.342 e. The van der Waals surface area contributed by atoms with Crippen LogP contribution in [-0.2, 0) is 14.6 Å². The van der Waals surface area contributed by atoms with Crippen molar-refractivity contribution in [2.45, 2.75) is 110 Å². The van der Waals surface area contributed by atoms with Crippen molar-refractivity contribution in [2.24, 2.45) is 0 Å². The highest BCUT2D eigenvalue weighted by Gasteiger charge is 2.03. The molecule has 0 aromatic rings. The fourth-order valence-electron chi connectivity index (χ4n) is 2.83. The zero-order valence-electron chi connectivity index (χ0n) is 15.9. The second-order valence-electron chi connectivity index (χ2n) is 6.70. The van der Waals surface area contributed by atoms with Crippen LogP contribution in [0.25, 0.3) is 0 Å². The summed E-state index contributed by atoms with van der Waals surface area (Å²) in [5.74, 6) is -0.335. The minimum absolute atomic E-state index is 0.0462. The molecule has 0 aliphatic heterocycles. The van der Waals surface area contributed by atoms with Crippen molar-refractivity contribution in [2.75, 3.05) is 13.2 Å². The van der Waals surface area contributed by atoms with E-state index in [0.717, 1.165) is 12.8 Å². The Labute approximate surface area is 149 Å². The van der Waals surface area contributed by atoms with Crippen LogP contribution in [0.3, 0.4) is 0 Å². The average Bonchev–Trinajstić information content (AvgIpc) is 2.58. The van der Waals surface area contributed by atoms with Crippen LogP contribution in [0.5, 0.6) is 0 Å². The molecule has 0 aliphatic rings. The van der Waals surface area contributed by atoms with E-state index < -0.39 is 0 Å². The number of carbonyl (C=O) groups is 1. The first kappa shape index (κ1) is 23.4. The van der Waals surface area contributed by atoms with Crippen LogP contribution >= 0.6 is 0 Å². The maximum absolute atomic E-state index is 11.2. The number of aliphatic hydroxyl groups is 1. The van der Waals surface area contributed by atoms with Crippen LogP contribution in [0.4, 0.5) is 0 Å². The molecular weight excluding hydrogens is 304 g/mol. The third kappa shape index (κ3) is 19.4. The number of unbranched alkanes of at least 4 members (excludes halogenated alkanes) is 14. The Bertz CT molecular complexity index is 256. The Morgan fingerprint density at radius 1 is 0.708 bits per heavy atom. The van der Waals surface area contributed by atoms with Gasteiger partial charge in [-0.25, -0.2) is 4.79 Å². The van der Waals surface area contributed by atoms with Gasteiger partial charge in [0.25, 0.3) is 0 Å². The van der Waals surface area contributed by atoms with Gasteiger partial charge in [-0.2, -0.15) is 4.89 Å². The van der Waals surface area contributed by atoms with Gasteiger partial charge in [0.05, 0.1) is 6.61 Å². The van der Waals surface area contributed by atoms with E-state index in [-0.39, 0.29) is 19.2 Å². The summed E-state index contributed by atoms with van der Waals surface area (Å²) >= 11 is 0. The van der Waals surface area contributed by atoms with Crippen molar-refractivity contribution >= 4 is 5.97 Å². The van der Waals surface area contributed by atoms with Crippen molar-refractivity contribution < 1.29 is 19.7 Å². The first-order valence-corrected chi connectivity index (χ1v) is 10.2. The van der Waals surface area contributed by atoms with Gasteiger partial charge in [-0.1, -0.05) is 96.8 Å². The maximum Gasteiger partial charge on any atom is 0.342 e. The minimum Gasteiger partial charge on any atom is -0.394 e. The lowest BCUT2D eigenvalue weighted by molar-refractivity contribution is -0.275. The summed E-state index contributed by atoms with van der Waals surface area (Å²) < 4.78 is 0. The summed E-state index contributed by atoms with van der Waals surface area (Å²) in [7, 11) is 0. The Morgan fingerprint density at radius 3 is 1.54 bits per heavy atom. The van der Waals surface area contributed by atoms with Gasteiger partial charge in [0.1, 0.15) is 6.61 Å². The normalized spacial score (nSPS) is 10.9. The summed E-state index contributed by atoms with van der Waals surface area (Å²) in [6.07, 6.45) is 20.1. The first-order valence-electron chi connectivity index (χ1n) is 10.2. The third-order valence-electron chi connectivity index (χ3n) is 4.31. The van der Waals surface area contributed by atoms with Crippen molar-refractivity contribution in [1.29, 1.82) is 0 Å². The Morgan fingerprint density at radius 2 is 1.12 bits per heavy atom. The van der Waals surface area contributed by atoms with Crippen LogP contribution < -0.4 is 0 Å². The van der Waals surface area contributed by atoms with Gasteiger partial charge in [0, 0.05) is 6.42 Å². The average molecular weight is 345 g/mol. The molecule has 0 aliphatic carbocycles. The van der Waals surface area contributed by atoms with Crippen LogP contribution in [0.15, 0.2) is 0 Å². The molecule has 0 saturated carbocycles. The monoisotopic (exact) mass is 344 g/mol. The van der Waals surface area contributed by atoms with Crippen molar-refractivity contribution in [1.82, 2.24) is 0 Å². The molecule has 0 radical (unpaired) electrons. The predicted octanol–water partition coefficient (Wildman–Crippen LogP) is 5.72. The standard InChI is InChI=1S/C20H40O4/c1-2-3-4-5-6-7-8-9-10-11-12-13-14-15-16-17-20(22)24-23-19-18-21/h21H,2-19H2,1H3. The van der Waals surface area contributed by atoms with Gasteiger partial charge >= 0.3 is 5.97 Å². The molecule has 0 spiro atoms. The van der Waals surface area contributed by atoms with Gasteiger partial charge in [-0.3, -0.25) is 4.89 Å². The number of rotatable bonds is 19. The van der Waals surface area contributed by atoms with Crippen molar-refractivity contribution in [3.05, 3.63) is 0 Å². The summed E-state index contributed by atoms with van der Waals surface area (Å²) in [5, 5.41) is 8.48. The zero-order valence-corrected chi connectivity index (χ0v) is 15.9. The van der Waals surface area contributed by atoms with Crippen LogP contribution in [0.1, 0.15) is 110 Å². The molecule has 0 aromatic heterocycles. The molecule has 0 fully saturated rings. The predicted molar refractivity (Wildman–Crippen MR) is 98.7 cm³/mol. The number of hydrogen-bond acceptors (Lipinski definition) is 4. The highest BCUT2D eigenvalue weighted by molar-refractivity contribution is 5.68. The van der Waals surface area contributed by atoms with E-state index in [4.69, 9.17) is 5.11 Å². The Hall–Kier alpha value is -0.610. The van der Waals surface area contributed by atoms with E-state index in [2.05, 4.69) is 16.7 Å². The van der Waals surface area contributed by atoms with Crippen LogP contribution in [0, 0.1) is 0 Å². The SMILES string of the molecule is CCCCCCCCCCCCCCCCCC(=O)OOCCO. The molecule has 4 heteroatoms. The van der Waals surface area contributed by atoms with E-state index in [1.807, 2.05) is 0 Å². The Kier molecular flexibility index (Phi) is 19.9. The van der Waals surface area contributed by atoms with Crippen molar-refractivity contribution in [3.8, 4) is 0 Å². The summed E-state index contributed by atoms with van der Waals surface area (Å²) in [6, 6.07) is 0. The lowest BCUT2D eigenvalue weighted by Gasteiger charge is -2.04. The fraction of sp³-hybridized carbons (Fsp3) is 0.950. The minimum atomic E-state index is -0.335. The van der Waals surface area contributed by atoms with E-state index >= 15 is 0 Å². The van der Waals surface area contributed by atoms with E-state index in [1.165, 1.54) is 83.5 Å². The zero-order chi connectivity index (χ0) is 17.7. The van der Waals surface area contributed by atoms with Crippen LogP contribution in [-0.4, -0.2) is 24.3 Å². The molecule has 0 amide bonds. The van der Waals surface area contributed by atoms with Gasteiger partial charge in [-0.15, -0.1) is 0 Å². The molecule has 4 nitrogen and oxygen atoms in total. The molecule has 24 heavy (non-hydrogen) atoms. The number of hydrogen-bond donors (Lipinski definition) is 1. The van der Waals surface area contributed by atoms with E-state index in [0.29, 0.717) is 6.42 Å². The van der Waals surface area contributed by atoms with Crippen molar-refractivity contribution in [3.63, 3.8) is 0 Å². The molecule has 0 heterocycles. The molecular formula is C20H40O4. The highest BCUT2D eigenvalue weighted by atomic mass is 17.2. The Balaban J connectivity index is 3.06. The molecule has 0 saturated heterocycles. The molecule has 0 aromatic carbocycles. The first-order chi connectivity index (χ1) is 11.8. The molecule has 0 bridgehead atoms. The molecule has 1 N–H and O–H groups in total. The number of aliphatic hydroxyl groups excluding tert-OH is 1. The van der Waals surface area contributed by atoms with Gasteiger partial charge in [0.2, 0.25) is 0 Å². The fourth-order valence-corrected chi connectivity index (χ4v) is 2.83. The molecule has 144 valence electrons. The molecule has 0 unspecified atom stereocenters. The van der Waals surface area contributed by atoms with E-state index in [9.17, 15) is 4.79 Å². The lowest BCUT2D eigenvalue weighted by Crippen LogP contribution is -2.07. The topological polar surface area (TPSA) is 55.8 Å². The van der Waals surface area contributed by atoms with Crippen LogP contribution in [0.2, 0.25) is 0 Å². The summed E-state index contributed by atoms with van der Waals surface area (Å²) in [6.45, 7) is 2.18. The number of carbonyl (C=O) groups excluding carboxylic acids is 1. The van der Waals surface area contributed by atoms with Gasteiger partial charge < -0.3 is 5.11 Å². The quantitative estimate of drug-likeness (QED) is 0.185. The molecule has 0 atom stereocenters. The highest BCUT2D eigenvalue weighted by Crippen LogP contribution is 2.13. The van der Waals surface area contributed by atoms with E-state index in [1.54, 1.807) is 0 Å². The largest absolute Gasteiger partial charge is 0.394 e. The lowest BCUT2D eigenvalue weighted by atomic mass is 10.0. The van der Waals surface area contributed by atoms with Gasteiger partial charge in [0.15, 0.2) is 0 Å².